The van der Waals surface area contributed by atoms with Gasteiger partial charge in [-0.15, -0.1) is 0 Å². The number of rotatable bonds is 4. The van der Waals surface area contributed by atoms with Gasteiger partial charge in [-0.25, -0.2) is 0 Å². The van der Waals surface area contributed by atoms with E-state index in [2.05, 4.69) is 53.0 Å². The van der Waals surface area contributed by atoms with Crippen LogP contribution in [0, 0.1) is 23.2 Å². The van der Waals surface area contributed by atoms with E-state index in [9.17, 15) is 19.5 Å². The molecule has 3 amide bonds. The molecule has 0 spiro atoms. The van der Waals surface area contributed by atoms with Crippen molar-refractivity contribution in [2.75, 3.05) is 0 Å². The Morgan fingerprint density at radius 2 is 1.67 bits per heavy atom. The van der Waals surface area contributed by atoms with Gasteiger partial charge in [-0.1, -0.05) is 72.8 Å². The van der Waals surface area contributed by atoms with Crippen molar-refractivity contribution in [3.8, 4) is 5.75 Å². The van der Waals surface area contributed by atoms with Crippen LogP contribution in [-0.4, -0.2) is 27.8 Å². The first-order chi connectivity index (χ1) is 15.1. The van der Waals surface area contributed by atoms with Gasteiger partial charge in [0.2, 0.25) is 5.91 Å². The number of fused-ring (bicyclic) bond motifs is 5. The second-order valence-electron chi connectivity index (χ2n) is 12.3. The first-order valence-corrected chi connectivity index (χ1v) is 11.9. The van der Waals surface area contributed by atoms with E-state index in [1.807, 2.05) is 25.1 Å². The second kappa shape index (κ2) is 7.44. The summed E-state index contributed by atoms with van der Waals surface area (Å²) in [7, 11) is 0. The fraction of sp³-hybridized carbons (Fsp3) is 0.593. The summed E-state index contributed by atoms with van der Waals surface area (Å²) in [4.78, 5) is 38.6. The third kappa shape index (κ3) is 3.87. The zero-order valence-electron chi connectivity index (χ0n) is 20.8. The maximum absolute atomic E-state index is 13.0. The van der Waals surface area contributed by atoms with Crippen molar-refractivity contribution in [1.29, 1.82) is 0 Å². The summed E-state index contributed by atoms with van der Waals surface area (Å²) >= 11 is 0. The Morgan fingerprint density at radius 1 is 1.09 bits per heavy atom. The van der Waals surface area contributed by atoms with Crippen LogP contribution in [0.2, 0.25) is 0 Å². The van der Waals surface area contributed by atoms with Gasteiger partial charge in [-0.2, -0.15) is 5.01 Å². The first-order valence-electron chi connectivity index (χ1n) is 11.9. The smallest absolute Gasteiger partial charge is 0.253 e. The van der Waals surface area contributed by atoms with E-state index in [1.54, 1.807) is 0 Å². The van der Waals surface area contributed by atoms with Crippen molar-refractivity contribution in [3.63, 3.8) is 0 Å². The Labute approximate surface area is 196 Å². The van der Waals surface area contributed by atoms with E-state index < -0.39 is 0 Å². The highest BCUT2D eigenvalue weighted by Crippen LogP contribution is 2.59. The molecule has 1 saturated carbocycles. The Morgan fingerprint density at radius 3 is 2.18 bits per heavy atom. The molecule has 4 atom stereocenters. The lowest BCUT2D eigenvalue weighted by atomic mass is 9.76. The molecule has 2 bridgehead atoms. The van der Waals surface area contributed by atoms with Crippen LogP contribution in [0.5, 0.6) is 5.75 Å². The van der Waals surface area contributed by atoms with E-state index in [0.29, 0.717) is 12.2 Å². The van der Waals surface area contributed by atoms with Crippen LogP contribution in [0.25, 0.3) is 0 Å². The highest BCUT2D eigenvalue weighted by molar-refractivity contribution is 6.07. The normalized spacial score (nSPS) is 28.6. The van der Waals surface area contributed by atoms with E-state index in [-0.39, 0.29) is 58.1 Å². The van der Waals surface area contributed by atoms with Crippen LogP contribution in [0.15, 0.2) is 24.3 Å². The predicted molar refractivity (Wildman–Crippen MR) is 126 cm³/mol. The molecule has 3 aliphatic rings. The molecule has 2 fully saturated rings. The number of allylic oxidation sites excluding steroid dienone is 2. The molecule has 1 aromatic rings. The van der Waals surface area contributed by atoms with Crippen molar-refractivity contribution in [3.05, 3.63) is 41.0 Å². The molecule has 6 heteroatoms. The van der Waals surface area contributed by atoms with Crippen molar-refractivity contribution in [2.24, 2.45) is 23.2 Å². The molecule has 6 nitrogen and oxygen atoms in total. The number of nitrogens with zero attached hydrogens (tertiary/aromatic N) is 1. The summed E-state index contributed by atoms with van der Waals surface area (Å²) < 4.78 is 0. The Hall–Kier alpha value is -2.63. The van der Waals surface area contributed by atoms with Crippen LogP contribution < -0.4 is 5.43 Å². The number of nitrogens with one attached hydrogen (secondary N) is 1. The fourth-order valence-electron chi connectivity index (χ4n) is 5.81. The van der Waals surface area contributed by atoms with Gasteiger partial charge in [0.1, 0.15) is 5.75 Å². The molecular weight excluding hydrogens is 416 g/mol. The van der Waals surface area contributed by atoms with Gasteiger partial charge in [0.05, 0.1) is 11.8 Å². The van der Waals surface area contributed by atoms with E-state index in [1.165, 1.54) is 0 Å². The average Bonchev–Trinajstić information content (AvgIpc) is 3.29. The van der Waals surface area contributed by atoms with Gasteiger partial charge in [0.15, 0.2) is 0 Å². The van der Waals surface area contributed by atoms with Crippen LogP contribution in [0.4, 0.5) is 0 Å². The molecule has 1 aromatic carbocycles. The molecule has 2 aliphatic carbocycles. The lowest BCUT2D eigenvalue weighted by Crippen LogP contribution is -2.47. The SMILES string of the molecule is CC(C)(C)c1cc(CCC(=O)NN2C(=O)C3C4C=CC(C)(C4)C3C2=O)cc(C(C)(C)C)c1O. The largest absolute Gasteiger partial charge is 0.507 e. The van der Waals surface area contributed by atoms with Gasteiger partial charge < -0.3 is 5.11 Å². The number of phenolic OH excluding ortho intramolecular Hbond substituents is 1. The molecule has 4 unspecified atom stereocenters. The monoisotopic (exact) mass is 452 g/mol. The highest BCUT2D eigenvalue weighted by atomic mass is 16.3. The Kier molecular flexibility index (Phi) is 5.30. The number of hydrazine groups is 1. The van der Waals surface area contributed by atoms with Crippen LogP contribution in [0.3, 0.4) is 0 Å². The predicted octanol–water partition coefficient (Wildman–Crippen LogP) is 4.15. The van der Waals surface area contributed by atoms with E-state index >= 15 is 0 Å². The summed E-state index contributed by atoms with van der Waals surface area (Å²) in [6.07, 6.45) is 5.52. The Bertz CT molecular complexity index is 1020. The number of imide groups is 1. The molecule has 0 radical (unpaired) electrons. The van der Waals surface area contributed by atoms with Crippen molar-refractivity contribution < 1.29 is 19.5 Å². The molecular formula is C27H36N2O4. The molecule has 1 saturated heterocycles. The molecule has 1 heterocycles. The molecule has 0 aromatic heterocycles. The van der Waals surface area contributed by atoms with Crippen LogP contribution >= 0.6 is 0 Å². The van der Waals surface area contributed by atoms with E-state index in [4.69, 9.17) is 0 Å². The topological polar surface area (TPSA) is 86.7 Å². The number of benzene rings is 1. The number of carbonyl (C=O) groups is 3. The highest BCUT2D eigenvalue weighted by Gasteiger charge is 2.64. The minimum atomic E-state index is -0.374. The average molecular weight is 453 g/mol. The zero-order chi connectivity index (χ0) is 24.5. The number of phenols is 1. The number of aromatic hydroxyl groups is 1. The van der Waals surface area contributed by atoms with Crippen molar-refractivity contribution in [2.45, 2.75) is 78.6 Å². The minimum absolute atomic E-state index is 0.0852. The van der Waals surface area contributed by atoms with Gasteiger partial charge >= 0.3 is 0 Å². The quantitative estimate of drug-likeness (QED) is 0.531. The summed E-state index contributed by atoms with van der Waals surface area (Å²) in [6, 6.07) is 3.91. The lowest BCUT2D eigenvalue weighted by molar-refractivity contribution is -0.150. The molecule has 2 N–H and O–H groups in total. The lowest BCUT2D eigenvalue weighted by Gasteiger charge is -2.28. The van der Waals surface area contributed by atoms with E-state index in [0.717, 1.165) is 28.1 Å². The Balaban J connectivity index is 1.48. The maximum Gasteiger partial charge on any atom is 0.253 e. The summed E-state index contributed by atoms with van der Waals surface area (Å²) in [5.74, 6) is -1.27. The van der Waals surface area contributed by atoms with Crippen LogP contribution in [0.1, 0.15) is 78.0 Å². The third-order valence-electron chi connectivity index (χ3n) is 7.59. The third-order valence-corrected chi connectivity index (χ3v) is 7.59. The number of aryl methyl sites for hydroxylation is 1. The first kappa shape index (κ1) is 23.5. The van der Waals surface area contributed by atoms with Crippen LogP contribution in [-0.2, 0) is 31.6 Å². The summed E-state index contributed by atoms with van der Waals surface area (Å²) in [5, 5.41) is 11.9. The summed E-state index contributed by atoms with van der Waals surface area (Å²) in [5.41, 5.74) is 4.43. The number of carbonyl (C=O) groups excluding carboxylic acids is 3. The van der Waals surface area contributed by atoms with Gasteiger partial charge in [0.25, 0.3) is 11.8 Å². The second-order valence-corrected chi connectivity index (χ2v) is 12.3. The zero-order valence-corrected chi connectivity index (χ0v) is 20.8. The maximum atomic E-state index is 13.0. The van der Waals surface area contributed by atoms with Gasteiger partial charge in [-0.3, -0.25) is 19.8 Å². The minimum Gasteiger partial charge on any atom is -0.507 e. The molecule has 178 valence electrons. The summed E-state index contributed by atoms with van der Waals surface area (Å²) in [6.45, 7) is 14.3. The standard InChI is InChI=1S/C27H36N2O4/c1-25(2,3)17-12-15(13-18(22(17)31)26(4,5)6)8-9-19(30)28-29-23(32)20-16-10-11-27(7,14-16)21(20)24(29)33/h10-13,16,20-21,31H,8-9,14H2,1-7H3,(H,28,30). The fourth-order valence-corrected chi connectivity index (χ4v) is 5.81. The number of hydrogen-bond acceptors (Lipinski definition) is 4. The number of amides is 3. The molecule has 1 aliphatic heterocycles. The number of hydrogen-bond donors (Lipinski definition) is 2. The molecule has 33 heavy (non-hydrogen) atoms. The van der Waals surface area contributed by atoms with Crippen molar-refractivity contribution in [1.82, 2.24) is 10.4 Å². The molecule has 4 rings (SSSR count). The van der Waals surface area contributed by atoms with Crippen molar-refractivity contribution >= 4 is 17.7 Å². The van der Waals surface area contributed by atoms with Gasteiger partial charge in [0, 0.05) is 6.42 Å². The van der Waals surface area contributed by atoms with Gasteiger partial charge in [-0.05, 0) is 51.7 Å².